The van der Waals surface area contributed by atoms with E-state index in [1.165, 1.54) is 11.3 Å². The highest BCUT2D eigenvalue weighted by Crippen LogP contribution is 2.40. The first-order valence-electron chi connectivity index (χ1n) is 9.90. The van der Waals surface area contributed by atoms with Gasteiger partial charge >= 0.3 is 0 Å². The molecule has 1 aliphatic heterocycles. The highest BCUT2D eigenvalue weighted by atomic mass is 32.1. The van der Waals surface area contributed by atoms with Gasteiger partial charge in [-0.05, 0) is 23.9 Å². The number of methoxy groups -OCH3 is 3. The van der Waals surface area contributed by atoms with Gasteiger partial charge in [-0.2, -0.15) is 0 Å². The summed E-state index contributed by atoms with van der Waals surface area (Å²) < 4.78 is 15.9. The Labute approximate surface area is 180 Å². The number of carbonyl (C=O) groups excluding carboxylic acids is 2. The Morgan fingerprint density at radius 3 is 2.67 bits per heavy atom. The molecule has 1 fully saturated rings. The number of nitrogens with zero attached hydrogens (tertiary/aromatic N) is 1. The molecule has 7 nitrogen and oxygen atoms in total. The van der Waals surface area contributed by atoms with Gasteiger partial charge in [-0.15, -0.1) is 11.3 Å². The summed E-state index contributed by atoms with van der Waals surface area (Å²) in [6.45, 7) is 1.94. The van der Waals surface area contributed by atoms with Gasteiger partial charge in [0.25, 0.3) is 5.91 Å². The van der Waals surface area contributed by atoms with Gasteiger partial charge in [-0.1, -0.05) is 12.1 Å². The van der Waals surface area contributed by atoms with Crippen LogP contribution in [0.4, 0.5) is 0 Å². The zero-order valence-corrected chi connectivity index (χ0v) is 18.4. The second-order valence-electron chi connectivity index (χ2n) is 7.15. The number of amides is 2. The quantitative estimate of drug-likeness (QED) is 0.617. The van der Waals surface area contributed by atoms with Crippen LogP contribution in [-0.4, -0.2) is 64.3 Å². The lowest BCUT2D eigenvalue weighted by Crippen LogP contribution is -2.36. The Morgan fingerprint density at radius 2 is 2.00 bits per heavy atom. The maximum absolute atomic E-state index is 13.0. The van der Waals surface area contributed by atoms with Crippen LogP contribution < -0.4 is 14.8 Å². The Kier molecular flexibility index (Phi) is 7.70. The third-order valence-electron chi connectivity index (χ3n) is 5.34. The van der Waals surface area contributed by atoms with Crippen molar-refractivity contribution in [2.75, 3.05) is 47.6 Å². The Bertz CT molecular complexity index is 855. The van der Waals surface area contributed by atoms with Crippen molar-refractivity contribution in [2.45, 2.75) is 12.3 Å². The fourth-order valence-electron chi connectivity index (χ4n) is 3.79. The van der Waals surface area contributed by atoms with Crippen molar-refractivity contribution < 1.29 is 23.8 Å². The van der Waals surface area contributed by atoms with Gasteiger partial charge in [0.1, 0.15) is 11.5 Å². The number of thiophene rings is 1. The first-order valence-corrected chi connectivity index (χ1v) is 10.8. The number of carbonyl (C=O) groups is 2. The molecule has 2 atom stereocenters. The fourth-order valence-corrected chi connectivity index (χ4v) is 4.48. The van der Waals surface area contributed by atoms with Crippen molar-refractivity contribution in [3.63, 3.8) is 0 Å². The number of hydrogen-bond donors (Lipinski definition) is 1. The molecule has 162 valence electrons. The third-order valence-corrected chi connectivity index (χ3v) is 6.20. The monoisotopic (exact) mass is 432 g/mol. The van der Waals surface area contributed by atoms with E-state index in [4.69, 9.17) is 14.2 Å². The molecule has 2 aromatic rings. The molecular weight excluding hydrogens is 404 g/mol. The minimum Gasteiger partial charge on any atom is -0.497 e. The zero-order valence-electron chi connectivity index (χ0n) is 17.6. The van der Waals surface area contributed by atoms with Crippen molar-refractivity contribution >= 4 is 23.2 Å². The van der Waals surface area contributed by atoms with E-state index in [9.17, 15) is 9.59 Å². The van der Waals surface area contributed by atoms with E-state index in [2.05, 4.69) is 5.32 Å². The molecule has 2 amide bonds. The van der Waals surface area contributed by atoms with Gasteiger partial charge in [0.2, 0.25) is 5.91 Å². The summed E-state index contributed by atoms with van der Waals surface area (Å²) in [6, 6.07) is 9.26. The first-order chi connectivity index (χ1) is 14.6. The van der Waals surface area contributed by atoms with E-state index in [0.717, 1.165) is 12.0 Å². The number of rotatable bonds is 9. The average Bonchev–Trinajstić information content (AvgIpc) is 3.46. The van der Waals surface area contributed by atoms with E-state index in [1.807, 2.05) is 35.7 Å². The molecule has 1 aromatic heterocycles. The Balaban J connectivity index is 1.85. The minimum absolute atomic E-state index is 0.0443. The number of likely N-dealkylation sites (tertiary alicyclic amines) is 1. The topological polar surface area (TPSA) is 77.1 Å². The van der Waals surface area contributed by atoms with Crippen LogP contribution in [0.15, 0.2) is 35.7 Å². The number of nitrogens with one attached hydrogen (secondary N) is 1. The van der Waals surface area contributed by atoms with E-state index >= 15 is 0 Å². The van der Waals surface area contributed by atoms with Gasteiger partial charge < -0.3 is 24.4 Å². The smallest absolute Gasteiger partial charge is 0.263 e. The summed E-state index contributed by atoms with van der Waals surface area (Å²) in [6.07, 6.45) is 0.739. The average molecular weight is 433 g/mol. The third kappa shape index (κ3) is 4.94. The second-order valence-corrected chi connectivity index (χ2v) is 8.09. The molecule has 0 radical (unpaired) electrons. The van der Waals surface area contributed by atoms with Gasteiger partial charge in [0.15, 0.2) is 0 Å². The molecule has 1 N–H and O–H groups in total. The molecular formula is C22H28N2O5S. The molecule has 0 aliphatic carbocycles. The van der Waals surface area contributed by atoms with Crippen LogP contribution in [0.3, 0.4) is 0 Å². The molecule has 1 saturated heterocycles. The minimum atomic E-state index is -0.362. The van der Waals surface area contributed by atoms with Crippen molar-refractivity contribution in [1.29, 1.82) is 0 Å². The van der Waals surface area contributed by atoms with Crippen molar-refractivity contribution in [2.24, 2.45) is 5.92 Å². The summed E-state index contributed by atoms with van der Waals surface area (Å²) in [5, 5.41) is 4.88. The fraction of sp³-hybridized carbons (Fsp3) is 0.455. The van der Waals surface area contributed by atoms with E-state index in [-0.39, 0.29) is 23.7 Å². The lowest BCUT2D eigenvalue weighted by atomic mass is 9.87. The zero-order chi connectivity index (χ0) is 21.5. The van der Waals surface area contributed by atoms with Crippen molar-refractivity contribution in [3.8, 4) is 11.5 Å². The molecule has 0 bridgehead atoms. The number of benzene rings is 1. The maximum Gasteiger partial charge on any atom is 0.263 e. The molecule has 0 saturated carbocycles. The molecule has 8 heteroatoms. The lowest BCUT2D eigenvalue weighted by molar-refractivity contribution is -0.124. The summed E-state index contributed by atoms with van der Waals surface area (Å²) in [5.74, 6) is 0.700. The van der Waals surface area contributed by atoms with E-state index in [0.29, 0.717) is 42.6 Å². The first kappa shape index (κ1) is 22.1. The molecule has 2 heterocycles. The molecule has 1 aromatic carbocycles. The van der Waals surface area contributed by atoms with Crippen LogP contribution in [0.1, 0.15) is 27.6 Å². The van der Waals surface area contributed by atoms with Gasteiger partial charge in [-0.25, -0.2) is 0 Å². The van der Waals surface area contributed by atoms with Crippen LogP contribution in [0.2, 0.25) is 0 Å². The van der Waals surface area contributed by atoms with Gasteiger partial charge in [-0.3, -0.25) is 9.59 Å². The second kappa shape index (κ2) is 10.4. The lowest BCUT2D eigenvalue weighted by Gasteiger charge is -2.21. The van der Waals surface area contributed by atoms with E-state index in [1.54, 1.807) is 26.2 Å². The Hall–Kier alpha value is -2.58. The van der Waals surface area contributed by atoms with Crippen LogP contribution in [-0.2, 0) is 9.53 Å². The Morgan fingerprint density at radius 1 is 1.17 bits per heavy atom. The molecule has 30 heavy (non-hydrogen) atoms. The summed E-state index contributed by atoms with van der Waals surface area (Å²) in [4.78, 5) is 28.4. The van der Waals surface area contributed by atoms with Crippen LogP contribution in [0.5, 0.6) is 11.5 Å². The maximum atomic E-state index is 13.0. The summed E-state index contributed by atoms with van der Waals surface area (Å²) >= 11 is 1.41. The van der Waals surface area contributed by atoms with Crippen molar-refractivity contribution in [1.82, 2.24) is 10.2 Å². The normalized spacial score (nSPS) is 18.3. The largest absolute Gasteiger partial charge is 0.497 e. The predicted octanol–water partition coefficient (Wildman–Crippen LogP) is 2.77. The number of ether oxygens (including phenoxy) is 3. The molecule has 3 rings (SSSR count). The van der Waals surface area contributed by atoms with E-state index < -0.39 is 0 Å². The number of hydrogen-bond acceptors (Lipinski definition) is 6. The van der Waals surface area contributed by atoms with Gasteiger partial charge in [0.05, 0.1) is 25.0 Å². The SMILES string of the molecule is COCCCNC(=O)[C@H]1CN(C(=O)c2cccs2)C[C@H]1c1ccc(OC)cc1OC. The van der Waals surface area contributed by atoms with Crippen molar-refractivity contribution in [3.05, 3.63) is 46.2 Å². The molecule has 0 unspecified atom stereocenters. The summed E-state index contributed by atoms with van der Waals surface area (Å²) in [7, 11) is 4.84. The van der Waals surface area contributed by atoms with Crippen LogP contribution in [0.25, 0.3) is 0 Å². The standard InChI is InChI=1S/C22H28N2O5S/c1-27-10-5-9-23-21(25)18-14-24(22(26)20-6-4-11-30-20)13-17(18)16-8-7-15(28-2)12-19(16)29-3/h4,6-8,11-12,17-18H,5,9-10,13-14H2,1-3H3,(H,23,25)/t17-,18-/m0/s1. The summed E-state index contributed by atoms with van der Waals surface area (Å²) in [5.41, 5.74) is 0.900. The highest BCUT2D eigenvalue weighted by Gasteiger charge is 2.41. The highest BCUT2D eigenvalue weighted by molar-refractivity contribution is 7.12. The molecule has 1 aliphatic rings. The predicted molar refractivity (Wildman–Crippen MR) is 116 cm³/mol. The van der Waals surface area contributed by atoms with Crippen LogP contribution in [0, 0.1) is 5.92 Å². The van der Waals surface area contributed by atoms with Gasteiger partial charge in [0, 0.05) is 50.9 Å². The van der Waals surface area contributed by atoms with Crippen LogP contribution >= 0.6 is 11.3 Å². The molecule has 0 spiro atoms.